The number of pyridine rings is 1. The molecule has 2 heterocycles. The molecule has 3 aromatic rings. The van der Waals surface area contributed by atoms with Crippen LogP contribution in [-0.4, -0.2) is 4.40 Å². The highest BCUT2D eigenvalue weighted by molar-refractivity contribution is 9.10. The van der Waals surface area contributed by atoms with Crippen molar-refractivity contribution in [2.75, 3.05) is 0 Å². The second kappa shape index (κ2) is 3.80. The summed E-state index contributed by atoms with van der Waals surface area (Å²) in [7, 11) is 0. The molecule has 0 saturated carbocycles. The lowest BCUT2D eigenvalue weighted by atomic mass is 10.1. The van der Waals surface area contributed by atoms with Crippen LogP contribution in [0.5, 0.6) is 0 Å². The van der Waals surface area contributed by atoms with E-state index in [1.54, 1.807) is 0 Å². The Labute approximate surface area is 102 Å². The second-order valence-corrected chi connectivity index (χ2v) is 4.69. The lowest BCUT2D eigenvalue weighted by Gasteiger charge is -1.94. The highest BCUT2D eigenvalue weighted by atomic mass is 79.9. The first-order chi connectivity index (χ1) is 7.83. The number of halogens is 1. The smallest absolute Gasteiger partial charge is 0.0467 e. The molecule has 0 aliphatic carbocycles. The van der Waals surface area contributed by atoms with E-state index in [9.17, 15) is 0 Å². The molecule has 78 valence electrons. The zero-order chi connectivity index (χ0) is 11.0. The summed E-state index contributed by atoms with van der Waals surface area (Å²) in [4.78, 5) is 0. The fourth-order valence-corrected chi connectivity index (χ4v) is 2.22. The lowest BCUT2D eigenvalue weighted by molar-refractivity contribution is 1.19. The Morgan fingerprint density at radius 2 is 1.69 bits per heavy atom. The first-order valence-corrected chi connectivity index (χ1v) is 5.95. The van der Waals surface area contributed by atoms with E-state index in [0.717, 1.165) is 4.47 Å². The minimum atomic E-state index is 1.11. The average Bonchev–Trinajstić information content (AvgIpc) is 2.73. The molecule has 0 N–H and O–H groups in total. The third kappa shape index (κ3) is 1.65. The van der Waals surface area contributed by atoms with Gasteiger partial charge >= 0.3 is 0 Å². The van der Waals surface area contributed by atoms with E-state index < -0.39 is 0 Å². The molecule has 3 rings (SSSR count). The van der Waals surface area contributed by atoms with E-state index in [-0.39, 0.29) is 0 Å². The summed E-state index contributed by atoms with van der Waals surface area (Å²) in [6, 6.07) is 16.8. The van der Waals surface area contributed by atoms with Gasteiger partial charge in [-0.15, -0.1) is 0 Å². The van der Waals surface area contributed by atoms with Crippen LogP contribution in [0.25, 0.3) is 16.6 Å². The van der Waals surface area contributed by atoms with Crippen LogP contribution in [0.3, 0.4) is 0 Å². The lowest BCUT2D eigenvalue weighted by Crippen LogP contribution is -1.78. The maximum Gasteiger partial charge on any atom is 0.0467 e. The van der Waals surface area contributed by atoms with Crippen LogP contribution in [0.1, 0.15) is 0 Å². The zero-order valence-electron chi connectivity index (χ0n) is 8.60. The highest BCUT2D eigenvalue weighted by Gasteiger charge is 2.01. The molecule has 0 spiro atoms. The van der Waals surface area contributed by atoms with Crippen molar-refractivity contribution in [1.82, 2.24) is 4.40 Å². The van der Waals surface area contributed by atoms with Gasteiger partial charge in [0.15, 0.2) is 0 Å². The van der Waals surface area contributed by atoms with E-state index in [1.807, 2.05) is 12.1 Å². The Morgan fingerprint density at radius 3 is 2.50 bits per heavy atom. The van der Waals surface area contributed by atoms with Crippen LogP contribution in [0.2, 0.25) is 0 Å². The van der Waals surface area contributed by atoms with Crippen molar-refractivity contribution in [3.8, 4) is 11.1 Å². The van der Waals surface area contributed by atoms with Crippen LogP contribution < -0.4 is 0 Å². The van der Waals surface area contributed by atoms with Crippen LogP contribution in [0.15, 0.2) is 65.4 Å². The maximum atomic E-state index is 3.48. The third-order valence-corrected chi connectivity index (χ3v) is 3.16. The molecule has 0 aliphatic rings. The number of rotatable bonds is 1. The largest absolute Gasteiger partial charge is 0.323 e. The molecule has 1 nitrogen and oxygen atoms in total. The maximum absolute atomic E-state index is 3.48. The van der Waals surface area contributed by atoms with Gasteiger partial charge in [0, 0.05) is 27.9 Å². The standard InChI is InChI=1S/C14H10BrN/c15-13-6-7-16-10-12(8-14(16)9-13)11-4-2-1-3-5-11/h1-10H. The van der Waals surface area contributed by atoms with Crippen molar-refractivity contribution < 1.29 is 0 Å². The molecule has 0 aliphatic heterocycles. The van der Waals surface area contributed by atoms with Gasteiger partial charge in [-0.1, -0.05) is 46.3 Å². The Hall–Kier alpha value is -1.54. The number of benzene rings is 1. The van der Waals surface area contributed by atoms with Gasteiger partial charge in [-0.05, 0) is 23.8 Å². The Bertz CT molecular complexity index is 626. The molecule has 0 fully saturated rings. The van der Waals surface area contributed by atoms with Gasteiger partial charge in [-0.3, -0.25) is 0 Å². The van der Waals surface area contributed by atoms with Crippen LogP contribution in [0, 0.1) is 0 Å². The monoisotopic (exact) mass is 271 g/mol. The quantitative estimate of drug-likeness (QED) is 0.619. The Kier molecular flexibility index (Phi) is 2.29. The van der Waals surface area contributed by atoms with Crippen LogP contribution in [-0.2, 0) is 0 Å². The number of aromatic nitrogens is 1. The number of hydrogen-bond donors (Lipinski definition) is 0. The molecule has 2 heteroatoms. The van der Waals surface area contributed by atoms with Gasteiger partial charge in [-0.2, -0.15) is 0 Å². The van der Waals surface area contributed by atoms with E-state index >= 15 is 0 Å². The van der Waals surface area contributed by atoms with Gasteiger partial charge < -0.3 is 4.40 Å². The normalized spacial score (nSPS) is 10.8. The summed E-state index contributed by atoms with van der Waals surface area (Å²) in [6.07, 6.45) is 4.21. The predicted molar refractivity (Wildman–Crippen MR) is 70.5 cm³/mol. The van der Waals surface area contributed by atoms with E-state index in [2.05, 4.69) is 69.1 Å². The summed E-state index contributed by atoms with van der Waals surface area (Å²) in [6.45, 7) is 0. The minimum absolute atomic E-state index is 1.11. The van der Waals surface area contributed by atoms with Crippen molar-refractivity contribution in [3.63, 3.8) is 0 Å². The molecule has 0 bridgehead atoms. The molecule has 0 amide bonds. The molecule has 1 aromatic carbocycles. The SMILES string of the molecule is Brc1ccn2cc(-c3ccccc3)cc2c1. The number of hydrogen-bond acceptors (Lipinski definition) is 0. The van der Waals surface area contributed by atoms with Crippen molar-refractivity contribution in [2.24, 2.45) is 0 Å². The summed E-state index contributed by atoms with van der Waals surface area (Å²) >= 11 is 3.48. The van der Waals surface area contributed by atoms with Gasteiger partial charge in [0.25, 0.3) is 0 Å². The molecule has 2 aromatic heterocycles. The Morgan fingerprint density at radius 1 is 0.875 bits per heavy atom. The van der Waals surface area contributed by atoms with Crippen molar-refractivity contribution in [3.05, 3.63) is 65.4 Å². The van der Waals surface area contributed by atoms with Gasteiger partial charge in [0.1, 0.15) is 0 Å². The van der Waals surface area contributed by atoms with Gasteiger partial charge in [0.05, 0.1) is 0 Å². The first-order valence-electron chi connectivity index (χ1n) is 5.16. The second-order valence-electron chi connectivity index (χ2n) is 3.77. The molecule has 0 saturated heterocycles. The zero-order valence-corrected chi connectivity index (χ0v) is 10.2. The van der Waals surface area contributed by atoms with Crippen molar-refractivity contribution >= 4 is 21.4 Å². The third-order valence-electron chi connectivity index (χ3n) is 2.67. The van der Waals surface area contributed by atoms with Gasteiger partial charge in [-0.25, -0.2) is 0 Å². The van der Waals surface area contributed by atoms with Crippen molar-refractivity contribution in [1.29, 1.82) is 0 Å². The Balaban J connectivity index is 2.19. The van der Waals surface area contributed by atoms with Gasteiger partial charge in [0.2, 0.25) is 0 Å². The number of fused-ring (bicyclic) bond motifs is 1. The van der Waals surface area contributed by atoms with E-state index in [1.165, 1.54) is 16.6 Å². The average molecular weight is 272 g/mol. The fourth-order valence-electron chi connectivity index (χ4n) is 1.87. The summed E-state index contributed by atoms with van der Waals surface area (Å²) in [5, 5.41) is 0. The molecular formula is C14H10BrN. The molecule has 0 unspecified atom stereocenters. The van der Waals surface area contributed by atoms with E-state index in [4.69, 9.17) is 0 Å². The summed E-state index contributed by atoms with van der Waals surface area (Å²) < 4.78 is 3.24. The summed E-state index contributed by atoms with van der Waals surface area (Å²) in [5.74, 6) is 0. The summed E-state index contributed by atoms with van der Waals surface area (Å²) in [5.41, 5.74) is 3.70. The molecule has 0 radical (unpaired) electrons. The molecule has 16 heavy (non-hydrogen) atoms. The predicted octanol–water partition coefficient (Wildman–Crippen LogP) is 4.37. The minimum Gasteiger partial charge on any atom is -0.323 e. The highest BCUT2D eigenvalue weighted by Crippen LogP contribution is 2.23. The molecular weight excluding hydrogens is 262 g/mol. The van der Waals surface area contributed by atoms with Crippen LogP contribution >= 0.6 is 15.9 Å². The van der Waals surface area contributed by atoms with Crippen molar-refractivity contribution in [2.45, 2.75) is 0 Å². The van der Waals surface area contributed by atoms with E-state index in [0.29, 0.717) is 0 Å². The topological polar surface area (TPSA) is 4.41 Å². The molecule has 0 atom stereocenters. The first kappa shape index (κ1) is 9.67. The number of nitrogens with zero attached hydrogens (tertiary/aromatic N) is 1. The fraction of sp³-hybridized carbons (Fsp3) is 0. The van der Waals surface area contributed by atoms with Crippen LogP contribution in [0.4, 0.5) is 0 Å².